The fourth-order valence-corrected chi connectivity index (χ4v) is 1.91. The second kappa shape index (κ2) is 7.88. The van der Waals surface area contributed by atoms with Gasteiger partial charge < -0.3 is 10.2 Å². The molecule has 3 nitrogen and oxygen atoms in total. The highest BCUT2D eigenvalue weighted by Gasteiger charge is 2.13. The molecule has 0 unspecified atom stereocenters. The maximum Gasteiger partial charge on any atom is 0.133 e. The molecular formula is C15H25N3. The fraction of sp³-hybridized carbons (Fsp3) is 0.533. The zero-order valence-electron chi connectivity index (χ0n) is 11.8. The largest absolute Gasteiger partial charge is 0.350 e. The van der Waals surface area contributed by atoms with Crippen LogP contribution >= 0.6 is 0 Å². The van der Waals surface area contributed by atoms with Crippen LogP contribution in [0.4, 0.5) is 5.82 Å². The van der Waals surface area contributed by atoms with Crippen molar-refractivity contribution in [3.05, 3.63) is 36.5 Å². The van der Waals surface area contributed by atoms with Gasteiger partial charge in [0.25, 0.3) is 0 Å². The molecule has 0 bridgehead atoms. The van der Waals surface area contributed by atoms with Crippen molar-refractivity contribution < 1.29 is 0 Å². The molecule has 0 radical (unpaired) electrons. The molecule has 18 heavy (non-hydrogen) atoms. The first-order valence-corrected chi connectivity index (χ1v) is 6.72. The van der Waals surface area contributed by atoms with Crippen molar-refractivity contribution in [2.24, 2.45) is 0 Å². The first-order chi connectivity index (χ1) is 8.70. The Kier molecular flexibility index (Phi) is 6.44. The van der Waals surface area contributed by atoms with Gasteiger partial charge in [-0.25, -0.2) is 4.98 Å². The molecule has 1 aromatic rings. The van der Waals surface area contributed by atoms with Crippen molar-refractivity contribution in [2.75, 3.05) is 18.0 Å². The van der Waals surface area contributed by atoms with Crippen LogP contribution < -0.4 is 10.2 Å². The Morgan fingerprint density at radius 2 is 2.28 bits per heavy atom. The summed E-state index contributed by atoms with van der Waals surface area (Å²) in [7, 11) is 0. The molecule has 0 spiro atoms. The molecule has 0 saturated heterocycles. The van der Waals surface area contributed by atoms with Gasteiger partial charge in [0, 0.05) is 30.9 Å². The number of aromatic nitrogens is 1. The lowest BCUT2D eigenvalue weighted by atomic mass is 10.2. The van der Waals surface area contributed by atoms with Crippen LogP contribution in [0.25, 0.3) is 0 Å². The first-order valence-electron chi connectivity index (χ1n) is 6.72. The Bertz CT molecular complexity index is 361. The Hall–Kier alpha value is -1.35. The highest BCUT2D eigenvalue weighted by Crippen LogP contribution is 2.19. The molecule has 1 N–H and O–H groups in total. The van der Waals surface area contributed by atoms with Crippen LogP contribution in [-0.2, 0) is 6.54 Å². The summed E-state index contributed by atoms with van der Waals surface area (Å²) >= 11 is 0. The van der Waals surface area contributed by atoms with E-state index in [0.29, 0.717) is 6.04 Å². The van der Waals surface area contributed by atoms with Gasteiger partial charge in [-0.2, -0.15) is 0 Å². The third-order valence-electron chi connectivity index (χ3n) is 2.83. The summed E-state index contributed by atoms with van der Waals surface area (Å²) in [4.78, 5) is 6.81. The number of hydrogen-bond donors (Lipinski definition) is 1. The summed E-state index contributed by atoms with van der Waals surface area (Å²) in [6.45, 7) is 13.1. The van der Waals surface area contributed by atoms with Crippen LogP contribution in [0, 0.1) is 0 Å². The van der Waals surface area contributed by atoms with E-state index in [1.807, 2.05) is 18.3 Å². The Labute approximate surface area is 111 Å². The minimum atomic E-state index is 0.419. The van der Waals surface area contributed by atoms with Gasteiger partial charge in [0.15, 0.2) is 0 Å². The summed E-state index contributed by atoms with van der Waals surface area (Å²) < 4.78 is 0. The van der Waals surface area contributed by atoms with Gasteiger partial charge in [-0.05, 0) is 32.9 Å². The molecule has 0 aliphatic heterocycles. The number of nitrogens with zero attached hydrogens (tertiary/aromatic N) is 2. The van der Waals surface area contributed by atoms with Crippen LogP contribution in [0.5, 0.6) is 0 Å². The molecule has 1 aromatic heterocycles. The molecule has 0 amide bonds. The van der Waals surface area contributed by atoms with E-state index < -0.39 is 0 Å². The number of hydrogen-bond acceptors (Lipinski definition) is 3. The third-order valence-corrected chi connectivity index (χ3v) is 2.83. The van der Waals surface area contributed by atoms with E-state index in [-0.39, 0.29) is 0 Å². The molecule has 0 aromatic carbocycles. The van der Waals surface area contributed by atoms with Crippen LogP contribution in [-0.4, -0.2) is 24.1 Å². The lowest BCUT2D eigenvalue weighted by Crippen LogP contribution is -2.33. The summed E-state index contributed by atoms with van der Waals surface area (Å²) in [6, 6.07) is 4.56. The Morgan fingerprint density at radius 1 is 1.50 bits per heavy atom. The van der Waals surface area contributed by atoms with Crippen molar-refractivity contribution in [1.82, 2.24) is 10.3 Å². The molecule has 0 saturated carbocycles. The molecule has 0 aliphatic rings. The Morgan fingerprint density at radius 3 is 2.89 bits per heavy atom. The average molecular weight is 247 g/mol. The molecule has 0 atom stereocenters. The summed E-state index contributed by atoms with van der Waals surface area (Å²) in [5.41, 5.74) is 1.25. The van der Waals surface area contributed by atoms with E-state index in [0.717, 1.165) is 31.9 Å². The minimum absolute atomic E-state index is 0.419. The zero-order valence-corrected chi connectivity index (χ0v) is 11.8. The molecule has 100 valence electrons. The van der Waals surface area contributed by atoms with E-state index >= 15 is 0 Å². The molecule has 1 rings (SSSR count). The molecular weight excluding hydrogens is 222 g/mol. The highest BCUT2D eigenvalue weighted by atomic mass is 15.2. The number of pyridine rings is 1. The summed E-state index contributed by atoms with van der Waals surface area (Å²) in [6.07, 6.45) is 4.94. The first kappa shape index (κ1) is 14.7. The van der Waals surface area contributed by atoms with Gasteiger partial charge >= 0.3 is 0 Å². The van der Waals surface area contributed by atoms with Gasteiger partial charge in [0.1, 0.15) is 5.82 Å². The smallest absolute Gasteiger partial charge is 0.133 e. The monoisotopic (exact) mass is 247 g/mol. The van der Waals surface area contributed by atoms with Gasteiger partial charge in [-0.3, -0.25) is 0 Å². The quantitative estimate of drug-likeness (QED) is 0.565. The van der Waals surface area contributed by atoms with Crippen molar-refractivity contribution >= 4 is 5.82 Å². The van der Waals surface area contributed by atoms with Gasteiger partial charge in [-0.1, -0.05) is 19.1 Å². The molecule has 1 heterocycles. The molecule has 3 heteroatoms. The minimum Gasteiger partial charge on any atom is -0.350 e. The number of rotatable bonds is 8. The summed E-state index contributed by atoms with van der Waals surface area (Å²) in [5, 5.41) is 3.44. The van der Waals surface area contributed by atoms with Crippen molar-refractivity contribution in [3.63, 3.8) is 0 Å². The third kappa shape index (κ3) is 4.15. The zero-order chi connectivity index (χ0) is 13.4. The number of nitrogens with one attached hydrogen (secondary N) is 1. The van der Waals surface area contributed by atoms with E-state index in [4.69, 9.17) is 0 Å². The van der Waals surface area contributed by atoms with Crippen molar-refractivity contribution in [3.8, 4) is 0 Å². The maximum absolute atomic E-state index is 4.54. The highest BCUT2D eigenvalue weighted by molar-refractivity contribution is 5.48. The number of anilines is 1. The second-order valence-electron chi connectivity index (χ2n) is 4.70. The fourth-order valence-electron chi connectivity index (χ4n) is 1.91. The normalized spacial score (nSPS) is 10.7. The van der Waals surface area contributed by atoms with Gasteiger partial charge in [0.2, 0.25) is 0 Å². The van der Waals surface area contributed by atoms with E-state index in [9.17, 15) is 0 Å². The second-order valence-corrected chi connectivity index (χ2v) is 4.70. The predicted octanol–water partition coefficient (Wildman–Crippen LogP) is 2.98. The summed E-state index contributed by atoms with van der Waals surface area (Å²) in [5.74, 6) is 1.07. The van der Waals surface area contributed by atoms with Crippen LogP contribution in [0.2, 0.25) is 0 Å². The van der Waals surface area contributed by atoms with E-state index in [1.54, 1.807) is 0 Å². The van der Waals surface area contributed by atoms with Crippen LogP contribution in [0.15, 0.2) is 31.0 Å². The average Bonchev–Trinajstić information content (AvgIpc) is 2.37. The SMILES string of the molecule is C=CCN(c1ncccc1CNCCC)C(C)C. The predicted molar refractivity (Wildman–Crippen MR) is 78.9 cm³/mol. The lowest BCUT2D eigenvalue weighted by molar-refractivity contribution is 0.660. The van der Waals surface area contributed by atoms with Crippen LogP contribution in [0.3, 0.4) is 0 Å². The van der Waals surface area contributed by atoms with Crippen LogP contribution in [0.1, 0.15) is 32.8 Å². The van der Waals surface area contributed by atoms with E-state index in [1.165, 1.54) is 5.56 Å². The lowest BCUT2D eigenvalue weighted by Gasteiger charge is -2.28. The van der Waals surface area contributed by atoms with Crippen molar-refractivity contribution in [2.45, 2.75) is 39.8 Å². The van der Waals surface area contributed by atoms with E-state index in [2.05, 4.69) is 48.6 Å². The molecule has 0 aliphatic carbocycles. The molecule has 0 fully saturated rings. The topological polar surface area (TPSA) is 28.2 Å². The Balaban J connectivity index is 2.87. The van der Waals surface area contributed by atoms with Gasteiger partial charge in [0.05, 0.1) is 0 Å². The maximum atomic E-state index is 4.54. The van der Waals surface area contributed by atoms with Gasteiger partial charge in [-0.15, -0.1) is 6.58 Å². The van der Waals surface area contributed by atoms with Crippen molar-refractivity contribution in [1.29, 1.82) is 0 Å². The standard InChI is InChI=1S/C15H25N3/c1-5-9-16-12-14-8-7-10-17-15(14)18(11-6-2)13(3)4/h6-8,10,13,16H,2,5,9,11-12H2,1,3-4H3.